The van der Waals surface area contributed by atoms with Gasteiger partial charge in [0.05, 0.1) is 6.54 Å². The summed E-state index contributed by atoms with van der Waals surface area (Å²) in [7, 11) is 1.41. The minimum absolute atomic E-state index is 0.0308. The van der Waals surface area contributed by atoms with E-state index in [1.807, 2.05) is 0 Å². The number of halogens is 2. The van der Waals surface area contributed by atoms with Gasteiger partial charge in [0.25, 0.3) is 5.56 Å². The zero-order chi connectivity index (χ0) is 23.3. The van der Waals surface area contributed by atoms with E-state index in [1.54, 1.807) is 4.57 Å². The standard InChI is InChI=1S/C22H19F2N5O4/c1-27(22(32)33-16-10-12(23)9-13(24)11-16)8-2-3-17-25-18-19(26-17)28(14-4-5-14)21(31)29(20(18)30)15-6-7-15/h9-11,14-15H,4-8H2,1H3,(H,25,26). The van der Waals surface area contributed by atoms with Crippen molar-refractivity contribution in [1.29, 1.82) is 0 Å². The van der Waals surface area contributed by atoms with E-state index in [0.717, 1.165) is 42.7 Å². The van der Waals surface area contributed by atoms with Gasteiger partial charge in [-0.2, -0.15) is 0 Å². The maximum Gasteiger partial charge on any atom is 0.415 e. The molecule has 0 aliphatic heterocycles. The largest absolute Gasteiger partial charge is 0.415 e. The molecule has 0 unspecified atom stereocenters. The molecule has 0 saturated heterocycles. The number of rotatable bonds is 4. The number of carbonyl (C=O) groups excluding carboxylic acids is 1. The smallest absolute Gasteiger partial charge is 0.410 e. The molecule has 11 heteroatoms. The molecule has 2 aromatic heterocycles. The molecule has 170 valence electrons. The van der Waals surface area contributed by atoms with Crippen LogP contribution in [-0.2, 0) is 0 Å². The van der Waals surface area contributed by atoms with Gasteiger partial charge in [0.15, 0.2) is 17.0 Å². The highest BCUT2D eigenvalue weighted by molar-refractivity contribution is 5.72. The van der Waals surface area contributed by atoms with Crippen LogP contribution in [0.25, 0.3) is 11.2 Å². The van der Waals surface area contributed by atoms with Gasteiger partial charge in [0, 0.05) is 37.3 Å². The number of fused-ring (bicyclic) bond motifs is 1. The Labute approximate surface area is 185 Å². The second kappa shape index (κ2) is 7.88. The molecule has 0 spiro atoms. The first kappa shape index (κ1) is 20.9. The molecule has 2 aliphatic rings. The van der Waals surface area contributed by atoms with Crippen molar-refractivity contribution < 1.29 is 18.3 Å². The summed E-state index contributed by atoms with van der Waals surface area (Å²) in [6.45, 7) is -0.0740. The summed E-state index contributed by atoms with van der Waals surface area (Å²) < 4.78 is 34.3. The van der Waals surface area contributed by atoms with E-state index >= 15 is 0 Å². The number of nitrogens with one attached hydrogen (secondary N) is 1. The highest BCUT2D eigenvalue weighted by atomic mass is 19.1. The number of imidazole rings is 1. The van der Waals surface area contributed by atoms with Crippen molar-refractivity contribution in [3.05, 3.63) is 56.5 Å². The van der Waals surface area contributed by atoms with E-state index < -0.39 is 23.3 Å². The fourth-order valence-electron chi connectivity index (χ4n) is 3.55. The zero-order valence-electron chi connectivity index (χ0n) is 17.6. The average molecular weight is 455 g/mol. The van der Waals surface area contributed by atoms with Gasteiger partial charge in [-0.15, -0.1) is 0 Å². The van der Waals surface area contributed by atoms with Gasteiger partial charge < -0.3 is 9.72 Å². The Morgan fingerprint density at radius 1 is 1.15 bits per heavy atom. The molecule has 5 rings (SSSR count). The van der Waals surface area contributed by atoms with Crippen LogP contribution in [0.1, 0.15) is 43.6 Å². The van der Waals surface area contributed by atoms with Crippen LogP contribution in [0.2, 0.25) is 0 Å². The summed E-state index contributed by atoms with van der Waals surface area (Å²) in [6.07, 6.45) is 2.46. The van der Waals surface area contributed by atoms with Crippen molar-refractivity contribution in [1.82, 2.24) is 24.0 Å². The monoisotopic (exact) mass is 455 g/mol. The molecule has 1 amide bonds. The lowest BCUT2D eigenvalue weighted by atomic mass is 10.3. The van der Waals surface area contributed by atoms with E-state index in [2.05, 4.69) is 21.8 Å². The number of aromatic nitrogens is 4. The first-order valence-corrected chi connectivity index (χ1v) is 10.5. The topological polar surface area (TPSA) is 102 Å². The minimum Gasteiger partial charge on any atom is -0.410 e. The lowest BCUT2D eigenvalue weighted by Gasteiger charge is -2.13. The number of carbonyl (C=O) groups is 1. The molecular weight excluding hydrogens is 436 g/mol. The van der Waals surface area contributed by atoms with E-state index in [1.165, 1.54) is 11.6 Å². The molecular formula is C22H19F2N5O4. The molecule has 2 heterocycles. The molecule has 9 nitrogen and oxygen atoms in total. The third kappa shape index (κ3) is 4.11. The van der Waals surface area contributed by atoms with Crippen LogP contribution in [-0.4, -0.2) is 43.7 Å². The van der Waals surface area contributed by atoms with Crippen molar-refractivity contribution in [2.75, 3.05) is 13.6 Å². The van der Waals surface area contributed by atoms with Crippen molar-refractivity contribution in [3.63, 3.8) is 0 Å². The lowest BCUT2D eigenvalue weighted by Crippen LogP contribution is -2.39. The highest BCUT2D eigenvalue weighted by Gasteiger charge is 2.34. The first-order valence-electron chi connectivity index (χ1n) is 10.5. The Balaban J connectivity index is 1.36. The number of aromatic amines is 1. The average Bonchev–Trinajstić information content (AvgIpc) is 3.66. The normalized spacial score (nSPS) is 15.2. The Morgan fingerprint density at radius 3 is 2.42 bits per heavy atom. The first-order chi connectivity index (χ1) is 15.8. The molecule has 2 saturated carbocycles. The maximum absolute atomic E-state index is 13.2. The van der Waals surface area contributed by atoms with Crippen LogP contribution >= 0.6 is 0 Å². The summed E-state index contributed by atoms with van der Waals surface area (Å²) in [6, 6.07) is 2.42. The third-order valence-electron chi connectivity index (χ3n) is 5.46. The molecule has 3 aromatic rings. The minimum atomic E-state index is -0.865. The number of amides is 1. The molecule has 1 N–H and O–H groups in total. The molecule has 2 aliphatic carbocycles. The van der Waals surface area contributed by atoms with Gasteiger partial charge in [-0.3, -0.25) is 18.8 Å². The van der Waals surface area contributed by atoms with Gasteiger partial charge in [-0.25, -0.2) is 23.4 Å². The van der Waals surface area contributed by atoms with Crippen LogP contribution in [0.3, 0.4) is 0 Å². The summed E-state index contributed by atoms with van der Waals surface area (Å²) in [4.78, 5) is 46.2. The van der Waals surface area contributed by atoms with Crippen LogP contribution in [0, 0.1) is 23.5 Å². The van der Waals surface area contributed by atoms with Crippen molar-refractivity contribution >= 4 is 17.3 Å². The Hall–Kier alpha value is -3.94. The summed E-state index contributed by atoms with van der Waals surface area (Å²) in [5, 5.41) is 0. The number of hydrogen-bond donors (Lipinski definition) is 1. The lowest BCUT2D eigenvalue weighted by molar-refractivity contribution is 0.167. The number of ether oxygens (including phenoxy) is 1. The third-order valence-corrected chi connectivity index (χ3v) is 5.46. The van der Waals surface area contributed by atoms with Crippen LogP contribution in [0.15, 0.2) is 27.8 Å². The Kier molecular flexibility index (Phi) is 5.00. The van der Waals surface area contributed by atoms with Gasteiger partial charge >= 0.3 is 11.8 Å². The number of H-pyrrole nitrogens is 1. The second-order valence-corrected chi connectivity index (χ2v) is 8.21. The van der Waals surface area contributed by atoms with Crippen molar-refractivity contribution in [2.24, 2.45) is 0 Å². The molecule has 33 heavy (non-hydrogen) atoms. The highest BCUT2D eigenvalue weighted by Crippen LogP contribution is 2.36. The van der Waals surface area contributed by atoms with Crippen LogP contribution < -0.4 is 16.0 Å². The van der Waals surface area contributed by atoms with E-state index in [0.29, 0.717) is 6.07 Å². The number of nitrogens with zero attached hydrogens (tertiary/aromatic N) is 4. The van der Waals surface area contributed by atoms with E-state index in [9.17, 15) is 23.2 Å². The fraction of sp³-hybridized carbons (Fsp3) is 0.364. The molecule has 0 atom stereocenters. The van der Waals surface area contributed by atoms with Crippen LogP contribution in [0.5, 0.6) is 5.75 Å². The Morgan fingerprint density at radius 2 is 1.79 bits per heavy atom. The van der Waals surface area contributed by atoms with Crippen LogP contribution in [0.4, 0.5) is 13.6 Å². The quantitative estimate of drug-likeness (QED) is 0.609. The molecule has 0 radical (unpaired) electrons. The summed E-state index contributed by atoms with van der Waals surface area (Å²) in [5.74, 6) is 3.69. The van der Waals surface area contributed by atoms with Crippen molar-refractivity contribution in [3.8, 4) is 17.6 Å². The van der Waals surface area contributed by atoms with E-state index in [-0.39, 0.29) is 47.1 Å². The molecule has 2 fully saturated rings. The van der Waals surface area contributed by atoms with Gasteiger partial charge in [-0.1, -0.05) is 5.92 Å². The van der Waals surface area contributed by atoms with E-state index in [4.69, 9.17) is 4.74 Å². The summed E-state index contributed by atoms with van der Waals surface area (Å²) in [5.41, 5.74) is -0.217. The number of benzene rings is 1. The van der Waals surface area contributed by atoms with Crippen molar-refractivity contribution in [2.45, 2.75) is 37.8 Å². The summed E-state index contributed by atoms with van der Waals surface area (Å²) >= 11 is 0. The predicted octanol–water partition coefficient (Wildman–Crippen LogP) is 2.32. The Bertz CT molecular complexity index is 1430. The predicted molar refractivity (Wildman–Crippen MR) is 113 cm³/mol. The zero-order valence-corrected chi connectivity index (χ0v) is 17.6. The molecule has 0 bridgehead atoms. The maximum atomic E-state index is 13.2. The van der Waals surface area contributed by atoms with Gasteiger partial charge in [0.2, 0.25) is 0 Å². The van der Waals surface area contributed by atoms with Gasteiger partial charge in [0.1, 0.15) is 17.4 Å². The molecule has 1 aromatic carbocycles. The van der Waals surface area contributed by atoms with Gasteiger partial charge in [-0.05, 0) is 31.6 Å². The number of hydrogen-bond acceptors (Lipinski definition) is 5. The SMILES string of the molecule is CN(CC#Cc1nc2c([nH]1)c(=O)n(C1CC1)c(=O)n2C1CC1)C(=O)Oc1cc(F)cc(F)c1. The second-order valence-electron chi connectivity index (χ2n) is 8.21. The fourth-order valence-corrected chi connectivity index (χ4v) is 3.55.